The average molecular weight is 312 g/mol. The highest BCUT2D eigenvalue weighted by Crippen LogP contribution is 2.29. The van der Waals surface area contributed by atoms with Gasteiger partial charge in [0.2, 0.25) is 0 Å². The van der Waals surface area contributed by atoms with E-state index < -0.39 is 0 Å². The predicted octanol–water partition coefficient (Wildman–Crippen LogP) is 3.32. The van der Waals surface area contributed by atoms with E-state index in [9.17, 15) is 4.79 Å². The summed E-state index contributed by atoms with van der Waals surface area (Å²) >= 11 is 0. The monoisotopic (exact) mass is 312 g/mol. The molecule has 1 aliphatic rings. The van der Waals surface area contributed by atoms with Crippen LogP contribution in [0.3, 0.4) is 0 Å². The third-order valence-electron chi connectivity index (χ3n) is 3.79. The summed E-state index contributed by atoms with van der Waals surface area (Å²) in [6.45, 7) is 0.761. The minimum Gasteiger partial charge on any atom is -0.495 e. The van der Waals surface area contributed by atoms with Crippen molar-refractivity contribution < 1.29 is 14.3 Å². The molecule has 5 heteroatoms. The number of ether oxygens (including phenoxy) is 2. The van der Waals surface area contributed by atoms with Crippen molar-refractivity contribution in [2.75, 3.05) is 24.8 Å². The van der Waals surface area contributed by atoms with E-state index in [0.29, 0.717) is 28.6 Å². The van der Waals surface area contributed by atoms with Crippen LogP contribution < -0.4 is 20.5 Å². The number of rotatable bonds is 6. The molecule has 5 nitrogen and oxygen atoms in total. The first-order valence-electron chi connectivity index (χ1n) is 7.63. The summed E-state index contributed by atoms with van der Waals surface area (Å²) < 4.78 is 10.8. The Hall–Kier alpha value is -2.69. The van der Waals surface area contributed by atoms with Gasteiger partial charge in [0, 0.05) is 11.3 Å². The summed E-state index contributed by atoms with van der Waals surface area (Å²) in [6.07, 6.45) is 2.51. The number of methoxy groups -OCH3 is 1. The van der Waals surface area contributed by atoms with E-state index >= 15 is 0 Å². The average Bonchev–Trinajstić information content (AvgIpc) is 3.38. The Labute approximate surface area is 135 Å². The second kappa shape index (κ2) is 6.60. The SMILES string of the molecule is COc1ccc(NC(=O)c2ccc(OCC3CC3)cc2)cc1N. The predicted molar refractivity (Wildman–Crippen MR) is 90.0 cm³/mol. The number of hydrogen-bond acceptors (Lipinski definition) is 4. The van der Waals surface area contributed by atoms with Gasteiger partial charge in [0.1, 0.15) is 11.5 Å². The fourth-order valence-corrected chi connectivity index (χ4v) is 2.22. The van der Waals surface area contributed by atoms with Gasteiger partial charge in [-0.25, -0.2) is 0 Å². The molecule has 2 aromatic rings. The molecule has 0 spiro atoms. The molecule has 0 bridgehead atoms. The molecule has 3 N–H and O–H groups in total. The standard InChI is InChI=1S/C18H20N2O3/c1-22-17-9-6-14(10-16(17)19)20-18(21)13-4-7-15(8-5-13)23-11-12-2-3-12/h4-10,12H,2-3,11,19H2,1H3,(H,20,21). The van der Waals surface area contributed by atoms with Gasteiger partial charge < -0.3 is 20.5 Å². The topological polar surface area (TPSA) is 73.6 Å². The highest BCUT2D eigenvalue weighted by atomic mass is 16.5. The summed E-state index contributed by atoms with van der Waals surface area (Å²) in [4.78, 5) is 12.2. The molecule has 0 radical (unpaired) electrons. The van der Waals surface area contributed by atoms with Crippen molar-refractivity contribution in [2.45, 2.75) is 12.8 Å². The van der Waals surface area contributed by atoms with E-state index in [1.54, 1.807) is 37.4 Å². The van der Waals surface area contributed by atoms with Crippen molar-refractivity contribution in [2.24, 2.45) is 5.92 Å². The zero-order chi connectivity index (χ0) is 16.2. The number of amides is 1. The summed E-state index contributed by atoms with van der Waals surface area (Å²) in [5.41, 5.74) is 7.51. The van der Waals surface area contributed by atoms with Crippen LogP contribution >= 0.6 is 0 Å². The van der Waals surface area contributed by atoms with E-state index in [4.69, 9.17) is 15.2 Å². The van der Waals surface area contributed by atoms with Gasteiger partial charge in [0.25, 0.3) is 5.91 Å². The van der Waals surface area contributed by atoms with Crippen LogP contribution in [-0.2, 0) is 0 Å². The van der Waals surface area contributed by atoms with Gasteiger partial charge in [-0.05, 0) is 61.2 Å². The third-order valence-corrected chi connectivity index (χ3v) is 3.79. The largest absolute Gasteiger partial charge is 0.495 e. The van der Waals surface area contributed by atoms with Crippen LogP contribution in [0, 0.1) is 5.92 Å². The fraction of sp³-hybridized carbons (Fsp3) is 0.278. The van der Waals surface area contributed by atoms with Crippen LogP contribution in [0.1, 0.15) is 23.2 Å². The van der Waals surface area contributed by atoms with Crippen LogP contribution in [-0.4, -0.2) is 19.6 Å². The minimum atomic E-state index is -0.191. The second-order valence-electron chi connectivity index (χ2n) is 5.69. The Morgan fingerprint density at radius 1 is 1.22 bits per heavy atom. The van der Waals surface area contributed by atoms with Crippen molar-refractivity contribution in [1.82, 2.24) is 0 Å². The van der Waals surface area contributed by atoms with Gasteiger partial charge in [-0.1, -0.05) is 0 Å². The summed E-state index contributed by atoms with van der Waals surface area (Å²) in [5.74, 6) is 1.89. The quantitative estimate of drug-likeness (QED) is 0.803. The summed E-state index contributed by atoms with van der Waals surface area (Å²) in [6, 6.07) is 12.3. The van der Waals surface area contributed by atoms with E-state index in [1.165, 1.54) is 12.8 Å². The number of nitrogen functional groups attached to an aromatic ring is 1. The molecule has 0 heterocycles. The first kappa shape index (κ1) is 15.2. The molecule has 1 saturated carbocycles. The zero-order valence-corrected chi connectivity index (χ0v) is 13.0. The lowest BCUT2D eigenvalue weighted by molar-refractivity contribution is 0.102. The first-order chi connectivity index (χ1) is 11.2. The lowest BCUT2D eigenvalue weighted by atomic mass is 10.2. The van der Waals surface area contributed by atoms with Crippen molar-refractivity contribution in [3.8, 4) is 11.5 Å². The van der Waals surface area contributed by atoms with Crippen molar-refractivity contribution in [3.05, 3.63) is 48.0 Å². The Morgan fingerprint density at radius 2 is 1.96 bits per heavy atom. The van der Waals surface area contributed by atoms with Crippen molar-refractivity contribution in [3.63, 3.8) is 0 Å². The number of anilines is 2. The molecule has 120 valence electrons. The lowest BCUT2D eigenvalue weighted by Gasteiger charge is -2.09. The van der Waals surface area contributed by atoms with Gasteiger partial charge in [-0.15, -0.1) is 0 Å². The van der Waals surface area contributed by atoms with Crippen molar-refractivity contribution in [1.29, 1.82) is 0 Å². The molecule has 1 amide bonds. The second-order valence-corrected chi connectivity index (χ2v) is 5.69. The fourth-order valence-electron chi connectivity index (χ4n) is 2.22. The van der Waals surface area contributed by atoms with Crippen LogP contribution in [0.15, 0.2) is 42.5 Å². The van der Waals surface area contributed by atoms with Crippen molar-refractivity contribution >= 4 is 17.3 Å². The number of benzene rings is 2. The Bertz CT molecular complexity index is 694. The Morgan fingerprint density at radius 3 is 2.57 bits per heavy atom. The molecule has 0 aliphatic heterocycles. The van der Waals surface area contributed by atoms with Gasteiger partial charge in [0.15, 0.2) is 0 Å². The molecule has 0 saturated heterocycles. The molecule has 0 aromatic heterocycles. The van der Waals surface area contributed by atoms with E-state index in [2.05, 4.69) is 5.32 Å². The van der Waals surface area contributed by atoms with Gasteiger partial charge in [-0.3, -0.25) is 4.79 Å². The van der Waals surface area contributed by atoms with Crippen LogP contribution in [0.2, 0.25) is 0 Å². The molecular formula is C18H20N2O3. The molecule has 1 aliphatic carbocycles. The Balaban J connectivity index is 1.61. The zero-order valence-electron chi connectivity index (χ0n) is 13.0. The van der Waals surface area contributed by atoms with Gasteiger partial charge in [0.05, 0.1) is 19.4 Å². The molecule has 2 aromatic carbocycles. The van der Waals surface area contributed by atoms with Crippen LogP contribution in [0.25, 0.3) is 0 Å². The highest BCUT2D eigenvalue weighted by Gasteiger charge is 2.21. The third kappa shape index (κ3) is 3.94. The molecule has 0 atom stereocenters. The maximum atomic E-state index is 12.2. The maximum Gasteiger partial charge on any atom is 0.255 e. The summed E-state index contributed by atoms with van der Waals surface area (Å²) in [5, 5.41) is 2.81. The number of nitrogens with two attached hydrogens (primary N) is 1. The van der Waals surface area contributed by atoms with Crippen LogP contribution in [0.4, 0.5) is 11.4 Å². The van der Waals surface area contributed by atoms with Crippen LogP contribution in [0.5, 0.6) is 11.5 Å². The molecule has 0 unspecified atom stereocenters. The van der Waals surface area contributed by atoms with E-state index in [-0.39, 0.29) is 5.91 Å². The number of nitrogens with one attached hydrogen (secondary N) is 1. The normalized spacial score (nSPS) is 13.4. The number of carbonyl (C=O) groups is 1. The lowest BCUT2D eigenvalue weighted by Crippen LogP contribution is -2.12. The molecule has 23 heavy (non-hydrogen) atoms. The highest BCUT2D eigenvalue weighted by molar-refractivity contribution is 6.04. The Kier molecular flexibility index (Phi) is 4.37. The van der Waals surface area contributed by atoms with E-state index in [0.717, 1.165) is 12.4 Å². The van der Waals surface area contributed by atoms with E-state index in [1.807, 2.05) is 12.1 Å². The molecular weight excluding hydrogens is 292 g/mol. The summed E-state index contributed by atoms with van der Waals surface area (Å²) in [7, 11) is 1.55. The smallest absolute Gasteiger partial charge is 0.255 e. The first-order valence-corrected chi connectivity index (χ1v) is 7.63. The molecule has 1 fully saturated rings. The minimum absolute atomic E-state index is 0.191. The maximum absolute atomic E-state index is 12.2. The molecule has 3 rings (SSSR count). The number of hydrogen-bond donors (Lipinski definition) is 2. The van der Waals surface area contributed by atoms with Gasteiger partial charge >= 0.3 is 0 Å². The van der Waals surface area contributed by atoms with Gasteiger partial charge in [-0.2, -0.15) is 0 Å². The number of carbonyl (C=O) groups excluding carboxylic acids is 1.